The summed E-state index contributed by atoms with van der Waals surface area (Å²) in [4.78, 5) is 14.0. The van der Waals surface area contributed by atoms with Crippen LogP contribution in [0.15, 0.2) is 24.3 Å². The van der Waals surface area contributed by atoms with Crippen LogP contribution in [0.5, 0.6) is 0 Å². The van der Waals surface area contributed by atoms with Gasteiger partial charge in [-0.3, -0.25) is 10.1 Å². The number of nitrogens with one attached hydrogen (secondary N) is 1. The van der Waals surface area contributed by atoms with Gasteiger partial charge in [0.1, 0.15) is 16.0 Å². The van der Waals surface area contributed by atoms with E-state index in [0.29, 0.717) is 13.0 Å². The SMILES string of the molecule is Cc1ccc(C2NC(C)C(=O)N2CCCS(C)(=O)=O)cc1. The molecule has 21 heavy (non-hydrogen) atoms. The molecule has 1 aliphatic heterocycles. The number of carbonyl (C=O) groups excluding carboxylic acids is 1. The minimum Gasteiger partial charge on any atom is -0.322 e. The fourth-order valence-corrected chi connectivity index (χ4v) is 3.19. The summed E-state index contributed by atoms with van der Waals surface area (Å²) in [7, 11) is -2.99. The number of rotatable bonds is 5. The standard InChI is InChI=1S/C15H22N2O3S/c1-11-5-7-13(8-6-11)14-16-12(2)15(18)17(14)9-4-10-21(3,19)20/h5-8,12,14,16H,4,9-10H2,1-3H3. The average Bonchev–Trinajstić information content (AvgIpc) is 2.66. The Morgan fingerprint density at radius 2 is 1.86 bits per heavy atom. The Morgan fingerprint density at radius 3 is 2.43 bits per heavy atom. The predicted octanol–water partition coefficient (Wildman–Crippen LogP) is 1.25. The maximum atomic E-state index is 12.2. The molecule has 1 aliphatic rings. The lowest BCUT2D eigenvalue weighted by atomic mass is 10.1. The van der Waals surface area contributed by atoms with Crippen LogP contribution >= 0.6 is 0 Å². The first-order valence-electron chi connectivity index (χ1n) is 7.09. The van der Waals surface area contributed by atoms with Gasteiger partial charge in [0.05, 0.1) is 11.8 Å². The van der Waals surface area contributed by atoms with Gasteiger partial charge in [0.2, 0.25) is 5.91 Å². The van der Waals surface area contributed by atoms with Gasteiger partial charge in [0, 0.05) is 12.8 Å². The average molecular weight is 310 g/mol. The molecule has 0 radical (unpaired) electrons. The van der Waals surface area contributed by atoms with E-state index in [0.717, 1.165) is 5.56 Å². The summed E-state index contributed by atoms with van der Waals surface area (Å²) >= 11 is 0. The molecule has 1 saturated heterocycles. The quantitative estimate of drug-likeness (QED) is 0.889. The van der Waals surface area contributed by atoms with Crippen LogP contribution in [0, 0.1) is 6.92 Å². The largest absolute Gasteiger partial charge is 0.322 e. The molecule has 1 aromatic carbocycles. The van der Waals surface area contributed by atoms with E-state index in [1.54, 1.807) is 4.90 Å². The second-order valence-electron chi connectivity index (χ2n) is 5.72. The van der Waals surface area contributed by atoms with Crippen molar-refractivity contribution in [2.75, 3.05) is 18.6 Å². The van der Waals surface area contributed by atoms with Crippen molar-refractivity contribution in [1.29, 1.82) is 0 Å². The fourth-order valence-electron chi connectivity index (χ4n) is 2.54. The van der Waals surface area contributed by atoms with E-state index in [2.05, 4.69) is 5.32 Å². The molecule has 0 saturated carbocycles. The van der Waals surface area contributed by atoms with E-state index < -0.39 is 9.84 Å². The van der Waals surface area contributed by atoms with Gasteiger partial charge in [0.25, 0.3) is 0 Å². The molecule has 0 bridgehead atoms. The Kier molecular flexibility index (Phi) is 4.68. The molecule has 1 aromatic rings. The van der Waals surface area contributed by atoms with E-state index in [1.165, 1.54) is 11.8 Å². The summed E-state index contributed by atoms with van der Waals surface area (Å²) in [6.45, 7) is 4.30. The van der Waals surface area contributed by atoms with E-state index in [9.17, 15) is 13.2 Å². The molecular formula is C15H22N2O3S. The maximum Gasteiger partial charge on any atom is 0.241 e. The number of aryl methyl sites for hydroxylation is 1. The monoisotopic (exact) mass is 310 g/mol. The van der Waals surface area contributed by atoms with Gasteiger partial charge in [-0.15, -0.1) is 0 Å². The molecular weight excluding hydrogens is 288 g/mol. The second-order valence-corrected chi connectivity index (χ2v) is 7.98. The second kappa shape index (κ2) is 6.15. The molecule has 2 atom stereocenters. The Labute approximate surface area is 126 Å². The lowest BCUT2D eigenvalue weighted by Crippen LogP contribution is -2.32. The molecule has 5 nitrogen and oxygen atoms in total. The molecule has 1 N–H and O–H groups in total. The third kappa shape index (κ3) is 4.04. The molecule has 0 spiro atoms. The fraction of sp³-hybridized carbons (Fsp3) is 0.533. The summed E-state index contributed by atoms with van der Waals surface area (Å²) in [5.41, 5.74) is 2.19. The van der Waals surface area contributed by atoms with Crippen LogP contribution in [0.1, 0.15) is 30.6 Å². The number of carbonyl (C=O) groups is 1. The summed E-state index contributed by atoms with van der Waals surface area (Å²) in [6.07, 6.45) is 1.51. The van der Waals surface area contributed by atoms with Gasteiger partial charge in [-0.2, -0.15) is 0 Å². The van der Waals surface area contributed by atoms with Crippen LogP contribution in [0.2, 0.25) is 0 Å². The normalized spacial score (nSPS) is 22.8. The summed E-state index contributed by atoms with van der Waals surface area (Å²) in [5, 5.41) is 3.26. The van der Waals surface area contributed by atoms with Gasteiger partial charge in [-0.25, -0.2) is 8.42 Å². The number of sulfone groups is 1. The number of hydrogen-bond acceptors (Lipinski definition) is 4. The van der Waals surface area contributed by atoms with Crippen LogP contribution in [0.3, 0.4) is 0 Å². The molecule has 0 aliphatic carbocycles. The van der Waals surface area contributed by atoms with Crippen LogP contribution in [0.4, 0.5) is 0 Å². The molecule has 0 aromatic heterocycles. The molecule has 2 rings (SSSR count). The zero-order chi connectivity index (χ0) is 15.6. The Balaban J connectivity index is 2.11. The van der Waals surface area contributed by atoms with Crippen LogP contribution in [-0.4, -0.2) is 43.8 Å². The molecule has 1 heterocycles. The molecule has 6 heteroatoms. The summed E-state index contributed by atoms with van der Waals surface area (Å²) in [6, 6.07) is 7.79. The van der Waals surface area contributed by atoms with Crippen molar-refractivity contribution >= 4 is 15.7 Å². The molecule has 116 valence electrons. The number of hydrogen-bond donors (Lipinski definition) is 1. The Morgan fingerprint density at radius 1 is 1.24 bits per heavy atom. The lowest BCUT2D eigenvalue weighted by molar-refractivity contribution is -0.129. The maximum absolute atomic E-state index is 12.2. The van der Waals surface area contributed by atoms with Crippen molar-refractivity contribution in [2.24, 2.45) is 0 Å². The van der Waals surface area contributed by atoms with Crippen molar-refractivity contribution in [3.05, 3.63) is 35.4 Å². The third-order valence-electron chi connectivity index (χ3n) is 3.68. The van der Waals surface area contributed by atoms with Gasteiger partial charge in [-0.1, -0.05) is 29.8 Å². The van der Waals surface area contributed by atoms with Crippen LogP contribution in [-0.2, 0) is 14.6 Å². The zero-order valence-corrected chi connectivity index (χ0v) is 13.5. The van der Waals surface area contributed by atoms with E-state index in [4.69, 9.17) is 0 Å². The number of amides is 1. The Bertz CT molecular complexity index is 610. The zero-order valence-electron chi connectivity index (χ0n) is 12.7. The molecule has 2 unspecified atom stereocenters. The predicted molar refractivity (Wildman–Crippen MR) is 82.6 cm³/mol. The minimum atomic E-state index is -2.99. The van der Waals surface area contributed by atoms with Gasteiger partial charge in [0.15, 0.2) is 0 Å². The van der Waals surface area contributed by atoms with Gasteiger partial charge >= 0.3 is 0 Å². The van der Waals surface area contributed by atoms with Gasteiger partial charge in [-0.05, 0) is 25.8 Å². The summed E-state index contributed by atoms with van der Waals surface area (Å²) < 4.78 is 22.4. The lowest BCUT2D eigenvalue weighted by Gasteiger charge is -2.24. The summed E-state index contributed by atoms with van der Waals surface area (Å²) in [5.74, 6) is 0.125. The third-order valence-corrected chi connectivity index (χ3v) is 4.71. The van der Waals surface area contributed by atoms with Crippen LogP contribution < -0.4 is 5.32 Å². The van der Waals surface area contributed by atoms with Crippen LogP contribution in [0.25, 0.3) is 0 Å². The smallest absolute Gasteiger partial charge is 0.241 e. The van der Waals surface area contributed by atoms with E-state index in [-0.39, 0.29) is 23.9 Å². The van der Waals surface area contributed by atoms with E-state index >= 15 is 0 Å². The topological polar surface area (TPSA) is 66.5 Å². The first kappa shape index (κ1) is 16.0. The van der Waals surface area contributed by atoms with Crippen molar-refractivity contribution in [2.45, 2.75) is 32.5 Å². The van der Waals surface area contributed by atoms with Crippen molar-refractivity contribution in [1.82, 2.24) is 10.2 Å². The first-order valence-corrected chi connectivity index (χ1v) is 9.15. The highest BCUT2D eigenvalue weighted by Gasteiger charge is 2.36. The highest BCUT2D eigenvalue weighted by atomic mass is 32.2. The van der Waals surface area contributed by atoms with Crippen molar-refractivity contribution in [3.8, 4) is 0 Å². The van der Waals surface area contributed by atoms with Crippen molar-refractivity contribution in [3.63, 3.8) is 0 Å². The van der Waals surface area contributed by atoms with Gasteiger partial charge < -0.3 is 4.90 Å². The molecule has 1 fully saturated rings. The highest BCUT2D eigenvalue weighted by Crippen LogP contribution is 2.25. The Hall–Kier alpha value is -1.40. The molecule has 1 amide bonds. The first-order chi connectivity index (χ1) is 9.78. The van der Waals surface area contributed by atoms with Crippen molar-refractivity contribution < 1.29 is 13.2 Å². The number of nitrogens with zero attached hydrogens (tertiary/aromatic N) is 1. The van der Waals surface area contributed by atoms with E-state index in [1.807, 2.05) is 38.1 Å². The highest BCUT2D eigenvalue weighted by molar-refractivity contribution is 7.90. The number of benzene rings is 1. The minimum absolute atomic E-state index is 0.0223.